The van der Waals surface area contributed by atoms with Gasteiger partial charge in [0.2, 0.25) is 11.8 Å². The Kier molecular flexibility index (Phi) is 6.55. The van der Waals surface area contributed by atoms with Crippen LogP contribution in [-0.4, -0.2) is 28.5 Å². The molecule has 2 aromatic rings. The number of nitrogens with one attached hydrogen (secondary N) is 1. The summed E-state index contributed by atoms with van der Waals surface area (Å²) in [7, 11) is 0. The van der Waals surface area contributed by atoms with Crippen LogP contribution in [0.25, 0.3) is 0 Å². The van der Waals surface area contributed by atoms with E-state index in [-0.39, 0.29) is 28.9 Å². The molecule has 1 fully saturated rings. The first kappa shape index (κ1) is 19.9. The quantitative estimate of drug-likeness (QED) is 0.750. The summed E-state index contributed by atoms with van der Waals surface area (Å²) in [6, 6.07) is 7.55. The molecule has 1 aliphatic rings. The van der Waals surface area contributed by atoms with E-state index >= 15 is 0 Å². The Morgan fingerprint density at radius 3 is 2.67 bits per heavy atom. The first-order valence-electron chi connectivity index (χ1n) is 8.92. The number of carbonyl (C=O) groups excluding carboxylic acids is 2. The van der Waals surface area contributed by atoms with Gasteiger partial charge in [0.25, 0.3) is 0 Å². The fraction of sp³-hybridized carbons (Fsp3) is 0.400. The van der Waals surface area contributed by atoms with Gasteiger partial charge in [0.1, 0.15) is 17.2 Å². The minimum Gasteiger partial charge on any atom is -0.350 e. The number of nitrogens with zero attached hydrogens (tertiary/aromatic N) is 1. The fourth-order valence-electron chi connectivity index (χ4n) is 3.15. The van der Waals surface area contributed by atoms with Crippen LogP contribution in [0.4, 0.5) is 4.39 Å². The minimum absolute atomic E-state index is 0.00113. The summed E-state index contributed by atoms with van der Waals surface area (Å²) >= 11 is 3.16. The molecule has 0 radical (unpaired) electrons. The molecule has 1 saturated heterocycles. The van der Waals surface area contributed by atoms with Crippen LogP contribution >= 0.6 is 23.1 Å². The monoisotopic (exact) mass is 406 g/mol. The second-order valence-corrected chi connectivity index (χ2v) is 8.86. The van der Waals surface area contributed by atoms with Gasteiger partial charge in [-0.2, -0.15) is 11.3 Å². The smallest absolute Gasteiger partial charge is 0.243 e. The summed E-state index contributed by atoms with van der Waals surface area (Å²) in [4.78, 5) is 27.3. The molecule has 0 saturated carbocycles. The maximum absolute atomic E-state index is 13.0. The Morgan fingerprint density at radius 1 is 1.30 bits per heavy atom. The third kappa shape index (κ3) is 4.90. The molecule has 0 bridgehead atoms. The molecule has 1 N–H and O–H groups in total. The number of amides is 2. The molecule has 2 heterocycles. The second kappa shape index (κ2) is 8.89. The predicted octanol–water partition coefficient (Wildman–Crippen LogP) is 4.19. The maximum atomic E-state index is 13.0. The van der Waals surface area contributed by atoms with Crippen LogP contribution in [0, 0.1) is 11.7 Å². The van der Waals surface area contributed by atoms with E-state index in [0.717, 1.165) is 11.1 Å². The highest BCUT2D eigenvalue weighted by atomic mass is 32.2. The van der Waals surface area contributed by atoms with Crippen LogP contribution in [0.2, 0.25) is 0 Å². The van der Waals surface area contributed by atoms with Crippen LogP contribution in [0.1, 0.15) is 36.8 Å². The standard InChI is InChI=1S/C20H23FN2O2S2/c1-13(2)9-17(19(25)22-10-14-3-5-16(21)6-4-14)23-18(24)12-27-20(23)15-7-8-26-11-15/h3-8,11,13,17,20H,9-10,12H2,1-2H3,(H,22,25)/t17-,20-/m0/s1. The molecule has 2 atom stereocenters. The number of hydrogen-bond acceptors (Lipinski definition) is 4. The number of benzene rings is 1. The van der Waals surface area contributed by atoms with Crippen molar-refractivity contribution in [3.05, 3.63) is 58.0 Å². The molecule has 144 valence electrons. The predicted molar refractivity (Wildman–Crippen MR) is 108 cm³/mol. The largest absolute Gasteiger partial charge is 0.350 e. The molecule has 7 heteroatoms. The number of rotatable bonds is 7. The Hall–Kier alpha value is -1.86. The first-order valence-corrected chi connectivity index (χ1v) is 10.9. The van der Waals surface area contributed by atoms with E-state index in [1.807, 2.05) is 30.7 Å². The Bertz CT molecular complexity index is 778. The van der Waals surface area contributed by atoms with Gasteiger partial charge in [-0.15, -0.1) is 11.8 Å². The van der Waals surface area contributed by atoms with E-state index in [2.05, 4.69) is 5.32 Å². The van der Waals surface area contributed by atoms with Crippen molar-refractivity contribution < 1.29 is 14.0 Å². The first-order chi connectivity index (χ1) is 13.0. The Labute approximate surface area is 167 Å². The third-order valence-electron chi connectivity index (χ3n) is 4.45. The van der Waals surface area contributed by atoms with Crippen molar-refractivity contribution in [1.82, 2.24) is 10.2 Å². The number of halogens is 1. The zero-order valence-electron chi connectivity index (χ0n) is 15.4. The van der Waals surface area contributed by atoms with Crippen molar-refractivity contribution >= 4 is 34.9 Å². The molecular formula is C20H23FN2O2S2. The molecule has 0 aliphatic carbocycles. The average molecular weight is 407 g/mol. The van der Waals surface area contributed by atoms with Gasteiger partial charge < -0.3 is 10.2 Å². The zero-order valence-corrected chi connectivity index (χ0v) is 17.0. The van der Waals surface area contributed by atoms with Crippen molar-refractivity contribution in [3.8, 4) is 0 Å². The third-order valence-corrected chi connectivity index (χ3v) is 6.38. The van der Waals surface area contributed by atoms with Crippen LogP contribution in [-0.2, 0) is 16.1 Å². The van der Waals surface area contributed by atoms with E-state index in [0.29, 0.717) is 18.7 Å². The molecule has 27 heavy (non-hydrogen) atoms. The maximum Gasteiger partial charge on any atom is 0.243 e. The molecule has 0 spiro atoms. The molecule has 3 rings (SSSR count). The average Bonchev–Trinajstić information content (AvgIpc) is 3.28. The van der Waals surface area contributed by atoms with Crippen LogP contribution in [0.5, 0.6) is 0 Å². The number of hydrogen-bond donors (Lipinski definition) is 1. The van der Waals surface area contributed by atoms with Gasteiger partial charge in [-0.25, -0.2) is 4.39 Å². The van der Waals surface area contributed by atoms with Crippen molar-refractivity contribution in [2.75, 3.05) is 5.75 Å². The molecule has 0 unspecified atom stereocenters. The van der Waals surface area contributed by atoms with Gasteiger partial charge >= 0.3 is 0 Å². The Morgan fingerprint density at radius 2 is 2.04 bits per heavy atom. The van der Waals surface area contributed by atoms with Gasteiger partial charge in [-0.05, 0) is 52.4 Å². The highest BCUT2D eigenvalue weighted by Gasteiger charge is 2.41. The lowest BCUT2D eigenvalue weighted by Gasteiger charge is -2.32. The summed E-state index contributed by atoms with van der Waals surface area (Å²) < 4.78 is 13.0. The lowest BCUT2D eigenvalue weighted by molar-refractivity contribution is -0.139. The molecule has 2 amide bonds. The van der Waals surface area contributed by atoms with E-state index in [1.54, 1.807) is 40.1 Å². The van der Waals surface area contributed by atoms with E-state index < -0.39 is 6.04 Å². The fourth-order valence-corrected chi connectivity index (χ4v) is 5.13. The second-order valence-electron chi connectivity index (χ2n) is 7.01. The summed E-state index contributed by atoms with van der Waals surface area (Å²) in [5.74, 6) is 0.192. The van der Waals surface area contributed by atoms with Crippen LogP contribution < -0.4 is 5.32 Å². The van der Waals surface area contributed by atoms with E-state index in [4.69, 9.17) is 0 Å². The summed E-state index contributed by atoms with van der Waals surface area (Å²) in [6.07, 6.45) is 0.599. The van der Waals surface area contributed by atoms with Crippen molar-refractivity contribution in [2.45, 2.75) is 38.2 Å². The van der Waals surface area contributed by atoms with Gasteiger partial charge in [-0.1, -0.05) is 26.0 Å². The van der Waals surface area contributed by atoms with Gasteiger partial charge in [0, 0.05) is 6.54 Å². The van der Waals surface area contributed by atoms with Gasteiger partial charge in [0.05, 0.1) is 5.75 Å². The van der Waals surface area contributed by atoms with Crippen LogP contribution in [0.15, 0.2) is 41.1 Å². The normalized spacial score (nSPS) is 18.1. The van der Waals surface area contributed by atoms with Crippen molar-refractivity contribution in [3.63, 3.8) is 0 Å². The lowest BCUT2D eigenvalue weighted by atomic mass is 10.0. The van der Waals surface area contributed by atoms with Crippen molar-refractivity contribution in [2.24, 2.45) is 5.92 Å². The SMILES string of the molecule is CC(C)C[C@@H](C(=O)NCc1ccc(F)cc1)N1C(=O)CS[C@H]1c1ccsc1. The summed E-state index contributed by atoms with van der Waals surface area (Å²) in [6.45, 7) is 4.41. The Balaban J connectivity index is 1.76. The number of thioether (sulfide) groups is 1. The number of thiophene rings is 1. The highest BCUT2D eigenvalue weighted by molar-refractivity contribution is 8.00. The van der Waals surface area contributed by atoms with E-state index in [1.165, 1.54) is 12.1 Å². The topological polar surface area (TPSA) is 49.4 Å². The van der Waals surface area contributed by atoms with Gasteiger partial charge in [0.15, 0.2) is 0 Å². The molecule has 1 aliphatic heterocycles. The molecule has 1 aromatic heterocycles. The minimum atomic E-state index is -0.516. The van der Waals surface area contributed by atoms with Crippen LogP contribution in [0.3, 0.4) is 0 Å². The molecule has 1 aromatic carbocycles. The lowest BCUT2D eigenvalue weighted by Crippen LogP contribution is -2.49. The summed E-state index contributed by atoms with van der Waals surface area (Å²) in [5, 5.41) is 6.83. The summed E-state index contributed by atoms with van der Waals surface area (Å²) in [5.41, 5.74) is 1.89. The molecular weight excluding hydrogens is 383 g/mol. The highest BCUT2D eigenvalue weighted by Crippen LogP contribution is 2.41. The van der Waals surface area contributed by atoms with Crippen molar-refractivity contribution in [1.29, 1.82) is 0 Å². The van der Waals surface area contributed by atoms with Gasteiger partial charge in [-0.3, -0.25) is 9.59 Å². The van der Waals surface area contributed by atoms with E-state index in [9.17, 15) is 14.0 Å². The number of carbonyl (C=O) groups is 2. The zero-order chi connectivity index (χ0) is 19.4. The molecule has 4 nitrogen and oxygen atoms in total.